The van der Waals surface area contributed by atoms with Gasteiger partial charge < -0.3 is 5.32 Å². The molecule has 4 rings (SSSR count). The zero-order chi connectivity index (χ0) is 21.3. The van der Waals surface area contributed by atoms with Gasteiger partial charge in [-0.15, -0.1) is 0 Å². The van der Waals surface area contributed by atoms with Crippen molar-refractivity contribution < 1.29 is 13.2 Å². The molecule has 0 aromatic heterocycles. The Morgan fingerprint density at radius 2 is 1.83 bits per heavy atom. The lowest BCUT2D eigenvalue weighted by atomic mass is 9.70. The summed E-state index contributed by atoms with van der Waals surface area (Å²) in [5, 5.41) is 2.71. The number of hydrogen-bond acceptors (Lipinski definition) is 4. The molecule has 0 radical (unpaired) electrons. The van der Waals surface area contributed by atoms with Gasteiger partial charge in [-0.05, 0) is 81.3 Å². The number of benzene rings is 1. The van der Waals surface area contributed by atoms with Crippen molar-refractivity contribution >= 4 is 21.6 Å². The maximum absolute atomic E-state index is 13.8. The molecule has 4 atom stereocenters. The number of carbonyl (C=O) groups excluding carboxylic acids is 1. The fourth-order valence-electron chi connectivity index (χ4n) is 6.05. The third-order valence-corrected chi connectivity index (χ3v) is 9.16. The smallest absolute Gasteiger partial charge is 0.243 e. The van der Waals surface area contributed by atoms with E-state index >= 15 is 0 Å². The van der Waals surface area contributed by atoms with Gasteiger partial charge >= 0.3 is 0 Å². The van der Waals surface area contributed by atoms with Crippen LogP contribution in [0.25, 0.3) is 0 Å². The second-order valence-electron chi connectivity index (χ2n) is 9.22. The van der Waals surface area contributed by atoms with Gasteiger partial charge in [-0.1, -0.05) is 19.8 Å². The van der Waals surface area contributed by atoms with Gasteiger partial charge in [-0.3, -0.25) is 9.69 Å². The first-order valence-corrected chi connectivity index (χ1v) is 13.0. The quantitative estimate of drug-likeness (QED) is 0.743. The largest absolute Gasteiger partial charge is 0.326 e. The molecule has 0 spiro atoms. The molecule has 0 unspecified atom stereocenters. The van der Waals surface area contributed by atoms with Crippen LogP contribution in [0.4, 0.5) is 5.69 Å². The maximum atomic E-state index is 13.8. The van der Waals surface area contributed by atoms with Crippen molar-refractivity contribution in [3.05, 3.63) is 24.3 Å². The van der Waals surface area contributed by atoms with Crippen LogP contribution in [0.2, 0.25) is 0 Å². The predicted molar refractivity (Wildman–Crippen MR) is 119 cm³/mol. The Labute approximate surface area is 181 Å². The van der Waals surface area contributed by atoms with Gasteiger partial charge in [0.1, 0.15) is 0 Å². The number of piperidine rings is 3. The van der Waals surface area contributed by atoms with E-state index in [1.54, 1.807) is 24.3 Å². The molecule has 7 heteroatoms. The summed E-state index contributed by atoms with van der Waals surface area (Å²) in [7, 11) is -3.57. The minimum Gasteiger partial charge on any atom is -0.326 e. The van der Waals surface area contributed by atoms with Crippen LogP contribution in [0.1, 0.15) is 58.8 Å². The normalized spacial score (nSPS) is 29.9. The molecule has 3 aliphatic heterocycles. The van der Waals surface area contributed by atoms with Gasteiger partial charge in [0.15, 0.2) is 0 Å². The van der Waals surface area contributed by atoms with Crippen LogP contribution in [0.5, 0.6) is 0 Å². The lowest BCUT2D eigenvalue weighted by Gasteiger charge is -2.57. The molecule has 6 nitrogen and oxygen atoms in total. The van der Waals surface area contributed by atoms with Crippen LogP contribution in [-0.2, 0) is 14.8 Å². The third kappa shape index (κ3) is 4.16. The van der Waals surface area contributed by atoms with E-state index in [4.69, 9.17) is 0 Å². The van der Waals surface area contributed by atoms with Gasteiger partial charge in [0.05, 0.1) is 4.90 Å². The maximum Gasteiger partial charge on any atom is 0.243 e. The van der Waals surface area contributed by atoms with Crippen LogP contribution in [0, 0.1) is 11.8 Å². The number of nitrogens with one attached hydrogen (secondary N) is 1. The van der Waals surface area contributed by atoms with Gasteiger partial charge in [-0.2, -0.15) is 4.31 Å². The number of hydrogen-bond donors (Lipinski definition) is 1. The van der Waals surface area contributed by atoms with Gasteiger partial charge in [-0.25, -0.2) is 8.42 Å². The van der Waals surface area contributed by atoms with Crippen molar-refractivity contribution in [3.63, 3.8) is 0 Å². The lowest BCUT2D eigenvalue weighted by Crippen LogP contribution is -2.65. The molecule has 3 saturated heterocycles. The lowest BCUT2D eigenvalue weighted by molar-refractivity contribution is -0.114. The highest BCUT2D eigenvalue weighted by Gasteiger charge is 2.51. The SMILES string of the molecule is CCCC[C@@H]1[C@H]2CCCN3CCC[C@@H](CN1S(=O)(=O)c1ccc(NC(C)=O)cc1)[C@@H]23. The van der Waals surface area contributed by atoms with E-state index in [0.29, 0.717) is 35.0 Å². The molecule has 3 fully saturated rings. The molecular weight excluding hydrogens is 398 g/mol. The molecular formula is C23H35N3O3S. The molecule has 3 heterocycles. The number of rotatable bonds is 6. The summed E-state index contributed by atoms with van der Waals surface area (Å²) in [4.78, 5) is 14.3. The van der Waals surface area contributed by atoms with E-state index in [2.05, 4.69) is 17.1 Å². The number of anilines is 1. The number of nitrogens with zero attached hydrogens (tertiary/aromatic N) is 2. The first-order valence-electron chi connectivity index (χ1n) is 11.6. The summed E-state index contributed by atoms with van der Waals surface area (Å²) in [6, 6.07) is 7.29. The number of unbranched alkanes of at least 4 members (excludes halogenated alkanes) is 1. The van der Waals surface area contributed by atoms with Crippen molar-refractivity contribution in [1.82, 2.24) is 9.21 Å². The highest BCUT2D eigenvalue weighted by Crippen LogP contribution is 2.45. The van der Waals surface area contributed by atoms with Crippen molar-refractivity contribution in [2.24, 2.45) is 11.8 Å². The number of carbonyl (C=O) groups is 1. The van der Waals surface area contributed by atoms with Crippen molar-refractivity contribution in [2.45, 2.75) is 75.8 Å². The van der Waals surface area contributed by atoms with E-state index in [9.17, 15) is 13.2 Å². The summed E-state index contributed by atoms with van der Waals surface area (Å²) in [6.45, 7) is 6.62. The highest BCUT2D eigenvalue weighted by molar-refractivity contribution is 7.89. The van der Waals surface area contributed by atoms with E-state index in [-0.39, 0.29) is 11.9 Å². The fourth-order valence-corrected chi connectivity index (χ4v) is 7.81. The van der Waals surface area contributed by atoms with E-state index in [0.717, 1.165) is 32.1 Å². The molecule has 1 amide bonds. The Bertz CT molecular complexity index is 853. The summed E-state index contributed by atoms with van der Waals surface area (Å²) >= 11 is 0. The van der Waals surface area contributed by atoms with Crippen LogP contribution < -0.4 is 5.32 Å². The Balaban J connectivity index is 1.65. The Hall–Kier alpha value is -1.44. The summed E-state index contributed by atoms with van der Waals surface area (Å²) in [5.41, 5.74) is 0.623. The zero-order valence-corrected chi connectivity index (χ0v) is 19.0. The average Bonchev–Trinajstić information content (AvgIpc) is 2.73. The monoisotopic (exact) mass is 433 g/mol. The Morgan fingerprint density at radius 1 is 1.13 bits per heavy atom. The van der Waals surface area contributed by atoms with E-state index in [1.807, 2.05) is 4.31 Å². The molecule has 30 heavy (non-hydrogen) atoms. The average molecular weight is 434 g/mol. The molecule has 1 aromatic rings. The summed E-state index contributed by atoms with van der Waals surface area (Å²) in [6.07, 6.45) is 7.71. The Kier molecular flexibility index (Phi) is 6.51. The first kappa shape index (κ1) is 21.8. The zero-order valence-electron chi connectivity index (χ0n) is 18.2. The molecule has 0 saturated carbocycles. The van der Waals surface area contributed by atoms with Crippen LogP contribution in [0.15, 0.2) is 29.2 Å². The van der Waals surface area contributed by atoms with E-state index in [1.165, 1.54) is 32.9 Å². The topological polar surface area (TPSA) is 69.7 Å². The second-order valence-corrected chi connectivity index (χ2v) is 11.1. The van der Waals surface area contributed by atoms with Gasteiger partial charge in [0, 0.05) is 31.2 Å². The second kappa shape index (κ2) is 8.97. The first-order chi connectivity index (χ1) is 14.4. The molecule has 1 N–H and O–H groups in total. The number of sulfonamides is 1. The third-order valence-electron chi connectivity index (χ3n) is 7.26. The molecule has 0 aliphatic carbocycles. The van der Waals surface area contributed by atoms with Crippen molar-refractivity contribution in [3.8, 4) is 0 Å². The minimum absolute atomic E-state index is 0.0899. The predicted octanol–water partition coefficient (Wildman–Crippen LogP) is 3.70. The van der Waals surface area contributed by atoms with E-state index < -0.39 is 10.0 Å². The fraction of sp³-hybridized carbons (Fsp3) is 0.696. The summed E-state index contributed by atoms with van der Waals surface area (Å²) in [5.74, 6) is 0.722. The van der Waals surface area contributed by atoms with Crippen LogP contribution in [0.3, 0.4) is 0 Å². The molecule has 0 bridgehead atoms. The molecule has 1 aromatic carbocycles. The van der Waals surface area contributed by atoms with Gasteiger partial charge in [0.25, 0.3) is 0 Å². The Morgan fingerprint density at radius 3 is 2.50 bits per heavy atom. The standard InChI is InChI=1S/C23H35N3O3S/c1-3-4-9-22-21-8-6-15-25-14-5-7-18(23(21)25)16-26(22)30(28,29)20-12-10-19(11-13-20)24-17(2)27/h10-13,18,21-23H,3-9,14-16H2,1-2H3,(H,24,27)/t18-,21+,22+,23-/m0/s1. The van der Waals surface area contributed by atoms with Crippen molar-refractivity contribution in [1.29, 1.82) is 0 Å². The summed E-state index contributed by atoms with van der Waals surface area (Å²) < 4.78 is 29.4. The van der Waals surface area contributed by atoms with Crippen LogP contribution in [-0.4, -0.2) is 55.2 Å². The highest BCUT2D eigenvalue weighted by atomic mass is 32.2. The minimum atomic E-state index is -3.57. The molecule has 3 aliphatic rings. The van der Waals surface area contributed by atoms with Gasteiger partial charge in [0.2, 0.25) is 15.9 Å². The van der Waals surface area contributed by atoms with Crippen molar-refractivity contribution in [2.75, 3.05) is 25.0 Å². The van der Waals surface area contributed by atoms with Crippen LogP contribution >= 0.6 is 0 Å². The molecule has 166 valence electrons. The number of amides is 1.